The smallest absolute Gasteiger partial charge is 0.319 e. The minimum absolute atomic E-state index is 0.0965. The molecule has 22 heavy (non-hydrogen) atoms. The summed E-state index contributed by atoms with van der Waals surface area (Å²) >= 11 is 1.64. The second-order valence-corrected chi connectivity index (χ2v) is 6.03. The molecule has 0 saturated carbocycles. The van der Waals surface area contributed by atoms with E-state index < -0.39 is 6.04 Å². The van der Waals surface area contributed by atoms with Crippen molar-refractivity contribution < 1.29 is 14.7 Å². The molecule has 2 aliphatic heterocycles. The van der Waals surface area contributed by atoms with E-state index >= 15 is 0 Å². The van der Waals surface area contributed by atoms with Crippen LogP contribution in [0.2, 0.25) is 0 Å². The first-order valence-corrected chi connectivity index (χ1v) is 8.21. The van der Waals surface area contributed by atoms with Crippen molar-refractivity contribution in [2.75, 3.05) is 26.0 Å². The first kappa shape index (κ1) is 14.9. The molecule has 0 radical (unpaired) electrons. The molecular weight excluding hydrogens is 302 g/mol. The third-order valence-electron chi connectivity index (χ3n) is 3.84. The molecule has 1 atom stereocenters. The van der Waals surface area contributed by atoms with Crippen LogP contribution in [-0.4, -0.2) is 47.9 Å². The number of β-amino-alcohol motifs (C(OH)–C–C–N with tert-alkyl or cyclic N) is 1. The molecule has 2 aliphatic rings. The Balaban J connectivity index is 1.94. The van der Waals surface area contributed by atoms with E-state index in [1.54, 1.807) is 16.7 Å². The minimum Gasteiger partial charge on any atom is -0.395 e. The fraction of sp³-hybridized carbons (Fsp3) is 0.333. The molecule has 2 heterocycles. The first-order valence-electron chi connectivity index (χ1n) is 6.98. The van der Waals surface area contributed by atoms with E-state index in [4.69, 9.17) is 5.11 Å². The van der Waals surface area contributed by atoms with Crippen LogP contribution in [0.5, 0.6) is 0 Å². The number of aliphatic hydroxyl groups is 1. The van der Waals surface area contributed by atoms with E-state index in [0.29, 0.717) is 17.8 Å². The van der Waals surface area contributed by atoms with Gasteiger partial charge in [-0.05, 0) is 24.0 Å². The molecule has 0 spiro atoms. The SMILES string of the molecule is CSc1ccc([C@@H]2NC(=O)NC3=C2C(=O)N(CCO)C3)cc1. The average Bonchev–Trinajstić information content (AvgIpc) is 2.83. The molecule has 0 bridgehead atoms. The molecule has 116 valence electrons. The van der Waals surface area contributed by atoms with E-state index in [2.05, 4.69) is 10.6 Å². The zero-order chi connectivity index (χ0) is 15.7. The highest BCUT2D eigenvalue weighted by atomic mass is 32.2. The van der Waals surface area contributed by atoms with Gasteiger partial charge in [0.1, 0.15) is 0 Å². The molecule has 3 rings (SSSR count). The number of nitrogens with one attached hydrogen (secondary N) is 2. The fourth-order valence-electron chi connectivity index (χ4n) is 2.78. The second kappa shape index (κ2) is 6.02. The summed E-state index contributed by atoms with van der Waals surface area (Å²) in [6, 6.07) is 7.04. The van der Waals surface area contributed by atoms with Crippen molar-refractivity contribution in [3.8, 4) is 0 Å². The summed E-state index contributed by atoms with van der Waals surface area (Å²) in [7, 11) is 0. The Bertz CT molecular complexity index is 642. The topological polar surface area (TPSA) is 81.7 Å². The lowest BCUT2D eigenvalue weighted by molar-refractivity contribution is -0.126. The van der Waals surface area contributed by atoms with Crippen molar-refractivity contribution in [3.63, 3.8) is 0 Å². The van der Waals surface area contributed by atoms with Gasteiger partial charge in [0.2, 0.25) is 0 Å². The number of thioether (sulfide) groups is 1. The van der Waals surface area contributed by atoms with Gasteiger partial charge in [-0.1, -0.05) is 12.1 Å². The highest BCUT2D eigenvalue weighted by Gasteiger charge is 2.39. The van der Waals surface area contributed by atoms with Crippen LogP contribution in [0.25, 0.3) is 0 Å². The van der Waals surface area contributed by atoms with Crippen LogP contribution in [0.4, 0.5) is 4.79 Å². The molecule has 0 fully saturated rings. The molecule has 7 heteroatoms. The van der Waals surface area contributed by atoms with E-state index in [9.17, 15) is 9.59 Å². The van der Waals surface area contributed by atoms with Crippen molar-refractivity contribution in [1.82, 2.24) is 15.5 Å². The van der Waals surface area contributed by atoms with Crippen LogP contribution < -0.4 is 10.6 Å². The normalized spacial score (nSPS) is 20.8. The Labute approximate surface area is 132 Å². The maximum absolute atomic E-state index is 12.5. The van der Waals surface area contributed by atoms with Crippen LogP contribution in [0.1, 0.15) is 11.6 Å². The predicted molar refractivity (Wildman–Crippen MR) is 83.3 cm³/mol. The van der Waals surface area contributed by atoms with Gasteiger partial charge in [0.25, 0.3) is 5.91 Å². The number of amides is 3. The minimum atomic E-state index is -0.448. The summed E-state index contributed by atoms with van der Waals surface area (Å²) in [6.07, 6.45) is 2.00. The van der Waals surface area contributed by atoms with E-state index in [1.807, 2.05) is 30.5 Å². The Kier molecular flexibility index (Phi) is 4.08. The van der Waals surface area contributed by atoms with Crippen molar-refractivity contribution in [3.05, 3.63) is 41.1 Å². The van der Waals surface area contributed by atoms with Gasteiger partial charge < -0.3 is 20.6 Å². The van der Waals surface area contributed by atoms with Gasteiger partial charge >= 0.3 is 6.03 Å². The first-order chi connectivity index (χ1) is 10.6. The Morgan fingerprint density at radius 1 is 1.32 bits per heavy atom. The molecule has 0 aromatic heterocycles. The standard InChI is InChI=1S/C15H17N3O3S/c1-22-10-4-2-9(3-5-10)13-12-11(16-15(21)17-13)8-18(6-7-19)14(12)20/h2-5,13,19H,6-8H2,1H3,(H2,16,17,21)/t13-/m0/s1. The van der Waals surface area contributed by atoms with E-state index in [-0.39, 0.29) is 25.1 Å². The number of hydrogen-bond acceptors (Lipinski definition) is 4. The van der Waals surface area contributed by atoms with Crippen LogP contribution in [0.3, 0.4) is 0 Å². The number of nitrogens with zero attached hydrogens (tertiary/aromatic N) is 1. The molecule has 3 amide bonds. The number of benzene rings is 1. The third kappa shape index (κ3) is 2.57. The number of aliphatic hydroxyl groups excluding tert-OH is 1. The lowest BCUT2D eigenvalue weighted by Gasteiger charge is -2.25. The van der Waals surface area contributed by atoms with Crippen molar-refractivity contribution in [1.29, 1.82) is 0 Å². The van der Waals surface area contributed by atoms with Gasteiger partial charge in [-0.25, -0.2) is 4.79 Å². The number of hydrogen-bond donors (Lipinski definition) is 3. The third-order valence-corrected chi connectivity index (χ3v) is 4.58. The molecule has 6 nitrogen and oxygen atoms in total. The maximum Gasteiger partial charge on any atom is 0.319 e. The molecule has 3 N–H and O–H groups in total. The van der Waals surface area contributed by atoms with Gasteiger partial charge in [-0.15, -0.1) is 11.8 Å². The largest absolute Gasteiger partial charge is 0.395 e. The van der Waals surface area contributed by atoms with Gasteiger partial charge in [-0.3, -0.25) is 4.79 Å². The Hall–Kier alpha value is -1.99. The maximum atomic E-state index is 12.5. The van der Waals surface area contributed by atoms with Crippen LogP contribution in [0, 0.1) is 0 Å². The average molecular weight is 319 g/mol. The summed E-state index contributed by atoms with van der Waals surface area (Å²) in [5.41, 5.74) is 2.06. The fourth-order valence-corrected chi connectivity index (χ4v) is 3.18. The Morgan fingerprint density at radius 2 is 2.05 bits per heavy atom. The van der Waals surface area contributed by atoms with Crippen molar-refractivity contribution >= 4 is 23.7 Å². The summed E-state index contributed by atoms with van der Waals surface area (Å²) in [5, 5.41) is 14.6. The van der Waals surface area contributed by atoms with E-state index in [0.717, 1.165) is 10.5 Å². The lowest BCUT2D eigenvalue weighted by Crippen LogP contribution is -2.44. The van der Waals surface area contributed by atoms with Gasteiger partial charge in [-0.2, -0.15) is 0 Å². The van der Waals surface area contributed by atoms with Crippen molar-refractivity contribution in [2.45, 2.75) is 10.9 Å². The summed E-state index contributed by atoms with van der Waals surface area (Å²) in [4.78, 5) is 27.0. The molecule has 1 aromatic rings. The number of rotatable bonds is 4. The summed E-state index contributed by atoms with van der Waals surface area (Å²) < 4.78 is 0. The second-order valence-electron chi connectivity index (χ2n) is 5.15. The van der Waals surface area contributed by atoms with E-state index in [1.165, 1.54) is 0 Å². The number of carbonyl (C=O) groups excluding carboxylic acids is 2. The quantitative estimate of drug-likeness (QED) is 0.719. The number of carbonyl (C=O) groups is 2. The molecule has 0 saturated heterocycles. The van der Waals surface area contributed by atoms with Gasteiger partial charge in [0.15, 0.2) is 0 Å². The highest BCUT2D eigenvalue weighted by Crippen LogP contribution is 2.32. The molecule has 0 unspecified atom stereocenters. The van der Waals surface area contributed by atoms with Crippen LogP contribution in [-0.2, 0) is 4.79 Å². The zero-order valence-electron chi connectivity index (χ0n) is 12.1. The van der Waals surface area contributed by atoms with Gasteiger partial charge in [0, 0.05) is 11.4 Å². The predicted octanol–water partition coefficient (Wildman–Crippen LogP) is 0.851. The molecule has 1 aromatic carbocycles. The zero-order valence-corrected chi connectivity index (χ0v) is 12.9. The van der Waals surface area contributed by atoms with Gasteiger partial charge in [0.05, 0.1) is 30.5 Å². The number of urea groups is 1. The lowest BCUT2D eigenvalue weighted by atomic mass is 9.96. The van der Waals surface area contributed by atoms with Crippen LogP contribution >= 0.6 is 11.8 Å². The van der Waals surface area contributed by atoms with Crippen LogP contribution in [0.15, 0.2) is 40.4 Å². The summed E-state index contributed by atoms with van der Waals surface area (Å²) in [5.74, 6) is -0.143. The summed E-state index contributed by atoms with van der Waals surface area (Å²) in [6.45, 7) is 0.502. The highest BCUT2D eigenvalue weighted by molar-refractivity contribution is 7.98. The molecular formula is C15H17N3O3S. The monoisotopic (exact) mass is 319 g/mol. The van der Waals surface area contributed by atoms with Crippen molar-refractivity contribution in [2.24, 2.45) is 0 Å². The molecule has 0 aliphatic carbocycles. The Morgan fingerprint density at radius 3 is 2.68 bits per heavy atom.